The SMILES string of the molecule is O=C(Nc1nc(-c2cccs2)cs1)c1cccc(F)c1Cl. The zero-order valence-electron chi connectivity index (χ0n) is 10.5. The molecule has 0 unspecified atom stereocenters. The Balaban J connectivity index is 1.81. The Hall–Kier alpha value is -1.76. The van der Waals surface area contributed by atoms with Crippen molar-refractivity contribution in [2.45, 2.75) is 0 Å². The number of benzene rings is 1. The molecule has 3 rings (SSSR count). The molecule has 0 bridgehead atoms. The largest absolute Gasteiger partial charge is 0.298 e. The highest BCUT2D eigenvalue weighted by Crippen LogP contribution is 2.29. The molecule has 0 aliphatic heterocycles. The van der Waals surface area contributed by atoms with Gasteiger partial charge in [0.05, 0.1) is 21.2 Å². The van der Waals surface area contributed by atoms with Crippen molar-refractivity contribution in [2.75, 3.05) is 5.32 Å². The topological polar surface area (TPSA) is 42.0 Å². The molecule has 1 N–H and O–H groups in total. The maximum Gasteiger partial charge on any atom is 0.259 e. The highest BCUT2D eigenvalue weighted by Gasteiger charge is 2.15. The highest BCUT2D eigenvalue weighted by atomic mass is 35.5. The predicted octanol–water partition coefficient (Wildman–Crippen LogP) is 4.92. The minimum Gasteiger partial charge on any atom is -0.298 e. The number of rotatable bonds is 3. The molecule has 3 nitrogen and oxygen atoms in total. The minimum atomic E-state index is -0.622. The van der Waals surface area contributed by atoms with Crippen LogP contribution >= 0.6 is 34.3 Å². The summed E-state index contributed by atoms with van der Waals surface area (Å²) >= 11 is 8.67. The Morgan fingerprint density at radius 2 is 2.10 bits per heavy atom. The van der Waals surface area contributed by atoms with Crippen LogP contribution < -0.4 is 5.32 Å². The molecule has 0 atom stereocenters. The molecule has 1 aromatic carbocycles. The molecule has 0 aliphatic carbocycles. The van der Waals surface area contributed by atoms with Crippen molar-refractivity contribution in [3.05, 3.63) is 57.5 Å². The first-order valence-corrected chi connectivity index (χ1v) is 8.03. The van der Waals surface area contributed by atoms with Gasteiger partial charge >= 0.3 is 0 Å². The summed E-state index contributed by atoms with van der Waals surface area (Å²) in [6.45, 7) is 0. The summed E-state index contributed by atoms with van der Waals surface area (Å²) in [6, 6.07) is 8.00. The number of halogens is 2. The van der Waals surface area contributed by atoms with E-state index in [0.717, 1.165) is 10.6 Å². The first-order valence-electron chi connectivity index (χ1n) is 5.90. The summed E-state index contributed by atoms with van der Waals surface area (Å²) in [5, 5.41) is 6.70. The number of amides is 1. The van der Waals surface area contributed by atoms with Crippen LogP contribution in [0, 0.1) is 5.82 Å². The van der Waals surface area contributed by atoms with Crippen molar-refractivity contribution >= 4 is 45.3 Å². The van der Waals surface area contributed by atoms with Crippen molar-refractivity contribution in [2.24, 2.45) is 0 Å². The zero-order chi connectivity index (χ0) is 14.8. The van der Waals surface area contributed by atoms with Gasteiger partial charge in [0, 0.05) is 5.38 Å². The zero-order valence-corrected chi connectivity index (χ0v) is 12.9. The van der Waals surface area contributed by atoms with Crippen LogP contribution in [0.25, 0.3) is 10.6 Å². The van der Waals surface area contributed by atoms with Crippen molar-refractivity contribution in [1.29, 1.82) is 0 Å². The number of hydrogen-bond donors (Lipinski definition) is 1. The number of nitrogens with zero attached hydrogens (tertiary/aromatic N) is 1. The Bertz CT molecular complexity index is 786. The smallest absolute Gasteiger partial charge is 0.259 e. The minimum absolute atomic E-state index is 0.0875. The second-order valence-electron chi connectivity index (χ2n) is 4.07. The van der Waals surface area contributed by atoms with E-state index in [0.29, 0.717) is 5.13 Å². The van der Waals surface area contributed by atoms with E-state index in [1.807, 2.05) is 22.9 Å². The molecule has 0 spiro atoms. The molecule has 2 aromatic heterocycles. The molecule has 21 heavy (non-hydrogen) atoms. The lowest BCUT2D eigenvalue weighted by Crippen LogP contribution is -2.12. The van der Waals surface area contributed by atoms with Gasteiger partial charge in [-0.1, -0.05) is 23.7 Å². The van der Waals surface area contributed by atoms with Gasteiger partial charge in [-0.3, -0.25) is 10.1 Å². The average Bonchev–Trinajstić information content (AvgIpc) is 3.12. The Kier molecular flexibility index (Phi) is 4.01. The number of carbonyl (C=O) groups is 1. The van der Waals surface area contributed by atoms with E-state index < -0.39 is 11.7 Å². The normalized spacial score (nSPS) is 10.6. The third-order valence-electron chi connectivity index (χ3n) is 2.69. The van der Waals surface area contributed by atoms with E-state index in [1.165, 1.54) is 29.5 Å². The van der Waals surface area contributed by atoms with Gasteiger partial charge in [0.15, 0.2) is 5.13 Å². The monoisotopic (exact) mass is 338 g/mol. The average molecular weight is 339 g/mol. The molecule has 0 aliphatic rings. The molecular weight excluding hydrogens is 331 g/mol. The van der Waals surface area contributed by atoms with Gasteiger partial charge in [-0.15, -0.1) is 22.7 Å². The number of nitrogens with one attached hydrogen (secondary N) is 1. The summed E-state index contributed by atoms with van der Waals surface area (Å²) < 4.78 is 13.3. The van der Waals surface area contributed by atoms with Crippen LogP contribution in [-0.2, 0) is 0 Å². The van der Waals surface area contributed by atoms with E-state index in [2.05, 4.69) is 10.3 Å². The van der Waals surface area contributed by atoms with Gasteiger partial charge in [0.2, 0.25) is 0 Å². The van der Waals surface area contributed by atoms with Crippen LogP contribution in [-0.4, -0.2) is 10.9 Å². The van der Waals surface area contributed by atoms with Gasteiger partial charge in [-0.25, -0.2) is 9.37 Å². The summed E-state index contributed by atoms with van der Waals surface area (Å²) in [7, 11) is 0. The Labute approximate surface area is 133 Å². The van der Waals surface area contributed by atoms with E-state index in [1.54, 1.807) is 11.3 Å². The van der Waals surface area contributed by atoms with Crippen LogP contribution in [0.5, 0.6) is 0 Å². The van der Waals surface area contributed by atoms with Crippen molar-refractivity contribution in [1.82, 2.24) is 4.98 Å². The summed E-state index contributed by atoms with van der Waals surface area (Å²) in [5.74, 6) is -1.10. The molecule has 1 amide bonds. The molecule has 7 heteroatoms. The number of thiophene rings is 1. The van der Waals surface area contributed by atoms with E-state index >= 15 is 0 Å². The maximum absolute atomic E-state index is 13.3. The number of carbonyl (C=O) groups excluding carboxylic acids is 1. The number of anilines is 1. The fourth-order valence-corrected chi connectivity index (χ4v) is 3.39. The van der Waals surface area contributed by atoms with E-state index in [-0.39, 0.29) is 10.6 Å². The van der Waals surface area contributed by atoms with Crippen LogP contribution in [0.4, 0.5) is 9.52 Å². The number of thiazole rings is 1. The lowest BCUT2D eigenvalue weighted by Gasteiger charge is -2.04. The lowest BCUT2D eigenvalue weighted by atomic mass is 10.2. The van der Waals surface area contributed by atoms with Crippen LogP contribution in [0.3, 0.4) is 0 Å². The maximum atomic E-state index is 13.3. The molecule has 0 fully saturated rings. The Morgan fingerprint density at radius 1 is 1.24 bits per heavy atom. The quantitative estimate of drug-likeness (QED) is 0.736. The van der Waals surface area contributed by atoms with E-state index in [9.17, 15) is 9.18 Å². The fraction of sp³-hybridized carbons (Fsp3) is 0. The lowest BCUT2D eigenvalue weighted by molar-refractivity contribution is 0.102. The van der Waals surface area contributed by atoms with Crippen molar-refractivity contribution in [3.63, 3.8) is 0 Å². The first-order chi connectivity index (χ1) is 10.1. The molecule has 0 saturated heterocycles. The standard InChI is InChI=1S/C14H8ClFN2OS2/c15-12-8(3-1-4-9(12)16)13(19)18-14-17-10(7-21-14)11-5-2-6-20-11/h1-7H,(H,17,18,19). The first kappa shape index (κ1) is 14.2. The Morgan fingerprint density at radius 3 is 2.86 bits per heavy atom. The second-order valence-corrected chi connectivity index (χ2v) is 6.25. The third-order valence-corrected chi connectivity index (χ3v) is 4.73. The molecule has 0 radical (unpaired) electrons. The van der Waals surface area contributed by atoms with Crippen molar-refractivity contribution < 1.29 is 9.18 Å². The van der Waals surface area contributed by atoms with Crippen LogP contribution in [0.2, 0.25) is 5.02 Å². The highest BCUT2D eigenvalue weighted by molar-refractivity contribution is 7.16. The molecule has 106 valence electrons. The van der Waals surface area contributed by atoms with Gasteiger partial charge in [-0.2, -0.15) is 0 Å². The second kappa shape index (κ2) is 5.93. The fourth-order valence-electron chi connectivity index (χ4n) is 1.71. The third kappa shape index (κ3) is 2.97. The summed E-state index contributed by atoms with van der Waals surface area (Å²) in [6.07, 6.45) is 0. The van der Waals surface area contributed by atoms with Gasteiger partial charge in [-0.05, 0) is 23.6 Å². The number of aromatic nitrogens is 1. The van der Waals surface area contributed by atoms with Crippen LogP contribution in [0.1, 0.15) is 10.4 Å². The molecule has 3 aromatic rings. The predicted molar refractivity (Wildman–Crippen MR) is 84.8 cm³/mol. The van der Waals surface area contributed by atoms with Gasteiger partial charge in [0.25, 0.3) is 5.91 Å². The molecular formula is C14H8ClFN2OS2. The molecule has 2 heterocycles. The summed E-state index contributed by atoms with van der Waals surface area (Å²) in [5.41, 5.74) is 0.889. The molecule has 0 saturated carbocycles. The van der Waals surface area contributed by atoms with Gasteiger partial charge < -0.3 is 0 Å². The summed E-state index contributed by atoms with van der Waals surface area (Å²) in [4.78, 5) is 17.4. The van der Waals surface area contributed by atoms with Crippen LogP contribution in [0.15, 0.2) is 41.1 Å². The van der Waals surface area contributed by atoms with Crippen molar-refractivity contribution in [3.8, 4) is 10.6 Å². The number of hydrogen-bond acceptors (Lipinski definition) is 4. The van der Waals surface area contributed by atoms with E-state index in [4.69, 9.17) is 11.6 Å². The van der Waals surface area contributed by atoms with Gasteiger partial charge in [0.1, 0.15) is 5.82 Å².